The van der Waals surface area contributed by atoms with E-state index in [0.29, 0.717) is 5.92 Å². The largest absolute Gasteiger partial charge is 0.330 e. The van der Waals surface area contributed by atoms with Crippen molar-refractivity contribution in [1.29, 1.82) is 0 Å². The van der Waals surface area contributed by atoms with E-state index < -0.39 is 0 Å². The molecule has 0 bridgehead atoms. The molecule has 3 N–H and O–H groups in total. The van der Waals surface area contributed by atoms with Crippen LogP contribution in [0, 0.1) is 5.92 Å². The molecule has 1 saturated heterocycles. The standard InChI is InChI=1S/C14H22N2/c1-11(9-15)8-12-2-4-13(5-3-12)14-6-7-16-10-14/h2-5,11,14,16H,6-10,15H2,1H3. The van der Waals surface area contributed by atoms with Crippen molar-refractivity contribution in [3.8, 4) is 0 Å². The Morgan fingerprint density at radius 2 is 2.12 bits per heavy atom. The minimum atomic E-state index is 0.582. The molecule has 88 valence electrons. The Morgan fingerprint density at radius 1 is 1.38 bits per heavy atom. The van der Waals surface area contributed by atoms with Crippen molar-refractivity contribution in [3.05, 3.63) is 35.4 Å². The molecule has 2 rings (SSSR count). The predicted octanol–water partition coefficient (Wildman–Crippen LogP) is 1.90. The highest BCUT2D eigenvalue weighted by molar-refractivity contribution is 5.26. The molecule has 0 saturated carbocycles. The summed E-state index contributed by atoms with van der Waals surface area (Å²) >= 11 is 0. The Hall–Kier alpha value is -0.860. The normalized spacial score (nSPS) is 22.2. The molecule has 1 aromatic rings. The molecule has 1 aliphatic rings. The summed E-state index contributed by atoms with van der Waals surface area (Å²) in [5, 5.41) is 3.41. The number of benzene rings is 1. The third-order valence-electron chi connectivity index (χ3n) is 3.50. The van der Waals surface area contributed by atoms with E-state index in [1.54, 1.807) is 0 Å². The van der Waals surface area contributed by atoms with Gasteiger partial charge >= 0.3 is 0 Å². The Bertz CT molecular complexity index is 312. The van der Waals surface area contributed by atoms with Crippen LogP contribution >= 0.6 is 0 Å². The van der Waals surface area contributed by atoms with Crippen LogP contribution in [-0.2, 0) is 6.42 Å². The SMILES string of the molecule is CC(CN)Cc1ccc(C2CCNC2)cc1. The van der Waals surface area contributed by atoms with Crippen LogP contribution in [0.1, 0.15) is 30.4 Å². The van der Waals surface area contributed by atoms with Gasteiger partial charge in [-0.15, -0.1) is 0 Å². The molecule has 2 heteroatoms. The van der Waals surface area contributed by atoms with Crippen molar-refractivity contribution in [1.82, 2.24) is 5.32 Å². The van der Waals surface area contributed by atoms with E-state index in [1.807, 2.05) is 0 Å². The van der Waals surface area contributed by atoms with E-state index in [9.17, 15) is 0 Å². The lowest BCUT2D eigenvalue weighted by Crippen LogP contribution is -2.13. The molecular weight excluding hydrogens is 196 g/mol. The first-order valence-electron chi connectivity index (χ1n) is 6.29. The van der Waals surface area contributed by atoms with Crippen LogP contribution in [0.5, 0.6) is 0 Å². The molecular formula is C14H22N2. The summed E-state index contributed by atoms with van der Waals surface area (Å²) in [5.41, 5.74) is 8.53. The lowest BCUT2D eigenvalue weighted by molar-refractivity contribution is 0.593. The van der Waals surface area contributed by atoms with Gasteiger partial charge in [0.15, 0.2) is 0 Å². The summed E-state index contributed by atoms with van der Waals surface area (Å²) in [5.74, 6) is 1.31. The summed E-state index contributed by atoms with van der Waals surface area (Å²) in [6.07, 6.45) is 2.37. The molecule has 0 radical (unpaired) electrons. The minimum absolute atomic E-state index is 0.582. The second-order valence-corrected chi connectivity index (χ2v) is 4.98. The van der Waals surface area contributed by atoms with Gasteiger partial charge in [-0.25, -0.2) is 0 Å². The molecule has 1 heterocycles. The topological polar surface area (TPSA) is 38.0 Å². The van der Waals surface area contributed by atoms with E-state index in [1.165, 1.54) is 17.5 Å². The summed E-state index contributed by atoms with van der Waals surface area (Å²) in [4.78, 5) is 0. The smallest absolute Gasteiger partial charge is 0.00206 e. The first-order valence-corrected chi connectivity index (χ1v) is 6.29. The molecule has 0 spiro atoms. The van der Waals surface area contributed by atoms with Gasteiger partial charge in [-0.3, -0.25) is 0 Å². The lowest BCUT2D eigenvalue weighted by Gasteiger charge is -2.11. The second-order valence-electron chi connectivity index (χ2n) is 4.98. The van der Waals surface area contributed by atoms with E-state index in [0.717, 1.165) is 32.0 Å². The molecule has 1 aromatic carbocycles. The van der Waals surface area contributed by atoms with Crippen LogP contribution in [-0.4, -0.2) is 19.6 Å². The Kier molecular flexibility index (Phi) is 3.97. The van der Waals surface area contributed by atoms with Crippen molar-refractivity contribution in [3.63, 3.8) is 0 Å². The highest BCUT2D eigenvalue weighted by atomic mass is 14.9. The van der Waals surface area contributed by atoms with Crippen LogP contribution in [0.2, 0.25) is 0 Å². The van der Waals surface area contributed by atoms with Gasteiger partial charge in [0.05, 0.1) is 0 Å². The van der Waals surface area contributed by atoms with Crippen molar-refractivity contribution in [2.45, 2.75) is 25.7 Å². The highest BCUT2D eigenvalue weighted by Gasteiger charge is 2.16. The average Bonchev–Trinajstić information content (AvgIpc) is 2.83. The summed E-state index contributed by atoms with van der Waals surface area (Å²) in [6, 6.07) is 9.10. The van der Waals surface area contributed by atoms with E-state index in [-0.39, 0.29) is 0 Å². The van der Waals surface area contributed by atoms with Crippen LogP contribution in [0.3, 0.4) is 0 Å². The Morgan fingerprint density at radius 3 is 2.69 bits per heavy atom. The third-order valence-corrected chi connectivity index (χ3v) is 3.50. The van der Waals surface area contributed by atoms with Gasteiger partial charge in [0.2, 0.25) is 0 Å². The fourth-order valence-electron chi connectivity index (χ4n) is 2.35. The van der Waals surface area contributed by atoms with Gasteiger partial charge in [0.25, 0.3) is 0 Å². The molecule has 1 aliphatic heterocycles. The molecule has 2 atom stereocenters. The van der Waals surface area contributed by atoms with Crippen molar-refractivity contribution < 1.29 is 0 Å². The molecule has 1 fully saturated rings. The maximum absolute atomic E-state index is 5.64. The van der Waals surface area contributed by atoms with E-state index >= 15 is 0 Å². The monoisotopic (exact) mass is 218 g/mol. The molecule has 0 amide bonds. The maximum atomic E-state index is 5.64. The molecule has 0 aliphatic carbocycles. The lowest BCUT2D eigenvalue weighted by atomic mass is 9.95. The molecule has 0 aromatic heterocycles. The zero-order chi connectivity index (χ0) is 11.4. The predicted molar refractivity (Wildman–Crippen MR) is 68.6 cm³/mol. The van der Waals surface area contributed by atoms with Crippen LogP contribution in [0.15, 0.2) is 24.3 Å². The van der Waals surface area contributed by atoms with Crippen LogP contribution < -0.4 is 11.1 Å². The first kappa shape index (κ1) is 11.6. The number of hydrogen-bond acceptors (Lipinski definition) is 2. The van der Waals surface area contributed by atoms with Crippen molar-refractivity contribution >= 4 is 0 Å². The molecule has 2 nitrogen and oxygen atoms in total. The Balaban J connectivity index is 1.98. The zero-order valence-electron chi connectivity index (χ0n) is 10.1. The van der Waals surface area contributed by atoms with Gasteiger partial charge in [-0.05, 0) is 48.9 Å². The van der Waals surface area contributed by atoms with Crippen molar-refractivity contribution in [2.24, 2.45) is 11.7 Å². The fraction of sp³-hybridized carbons (Fsp3) is 0.571. The molecule has 2 unspecified atom stereocenters. The third kappa shape index (κ3) is 2.83. The van der Waals surface area contributed by atoms with Crippen LogP contribution in [0.25, 0.3) is 0 Å². The Labute approximate surface area is 98.2 Å². The number of nitrogens with two attached hydrogens (primary N) is 1. The summed E-state index contributed by atoms with van der Waals surface area (Å²) in [6.45, 7) is 5.28. The fourth-order valence-corrected chi connectivity index (χ4v) is 2.35. The number of nitrogens with one attached hydrogen (secondary N) is 1. The number of hydrogen-bond donors (Lipinski definition) is 2. The molecule has 16 heavy (non-hydrogen) atoms. The average molecular weight is 218 g/mol. The maximum Gasteiger partial charge on any atom is 0.00206 e. The first-order chi connectivity index (χ1) is 7.79. The second kappa shape index (κ2) is 5.46. The van der Waals surface area contributed by atoms with E-state index in [2.05, 4.69) is 36.5 Å². The van der Waals surface area contributed by atoms with Gasteiger partial charge in [0, 0.05) is 6.54 Å². The van der Waals surface area contributed by atoms with Gasteiger partial charge in [-0.2, -0.15) is 0 Å². The van der Waals surface area contributed by atoms with Crippen molar-refractivity contribution in [2.75, 3.05) is 19.6 Å². The van der Waals surface area contributed by atoms with Gasteiger partial charge < -0.3 is 11.1 Å². The summed E-state index contributed by atoms with van der Waals surface area (Å²) in [7, 11) is 0. The van der Waals surface area contributed by atoms with Gasteiger partial charge in [0.1, 0.15) is 0 Å². The number of rotatable bonds is 4. The van der Waals surface area contributed by atoms with Crippen LogP contribution in [0.4, 0.5) is 0 Å². The van der Waals surface area contributed by atoms with Gasteiger partial charge in [-0.1, -0.05) is 31.2 Å². The minimum Gasteiger partial charge on any atom is -0.330 e. The summed E-state index contributed by atoms with van der Waals surface area (Å²) < 4.78 is 0. The highest BCUT2D eigenvalue weighted by Crippen LogP contribution is 2.22. The zero-order valence-corrected chi connectivity index (χ0v) is 10.1. The van der Waals surface area contributed by atoms with E-state index in [4.69, 9.17) is 5.73 Å². The quantitative estimate of drug-likeness (QED) is 0.810.